The van der Waals surface area contributed by atoms with E-state index in [1.165, 1.54) is 43.2 Å². The Bertz CT molecular complexity index is 1270. The molecule has 3 aliphatic rings. The lowest BCUT2D eigenvalue weighted by Crippen LogP contribution is -2.50. The van der Waals surface area contributed by atoms with Gasteiger partial charge in [-0.3, -0.25) is 9.69 Å². The summed E-state index contributed by atoms with van der Waals surface area (Å²) in [5.74, 6) is 1.45. The molecule has 4 heterocycles. The molecule has 0 aliphatic carbocycles. The van der Waals surface area contributed by atoms with Crippen molar-refractivity contribution in [3.8, 4) is 0 Å². The van der Waals surface area contributed by atoms with Gasteiger partial charge >= 0.3 is 0 Å². The summed E-state index contributed by atoms with van der Waals surface area (Å²) in [5, 5.41) is 0. The molecule has 1 unspecified atom stereocenters. The molecule has 0 saturated carbocycles. The first-order chi connectivity index (χ1) is 18.2. The van der Waals surface area contributed by atoms with Gasteiger partial charge in [-0.25, -0.2) is 4.98 Å². The SMILES string of the molecule is Cc1nc2ccccc2n1C1C[C@H]2CC[C@@H](C1)N2CCC1(c2ccccc2)CCN(C(=O)C(C)(C)C)CC1. The van der Waals surface area contributed by atoms with Crippen molar-refractivity contribution in [3.63, 3.8) is 0 Å². The molecule has 6 rings (SSSR count). The Morgan fingerprint density at radius 3 is 2.21 bits per heavy atom. The van der Waals surface area contributed by atoms with Crippen molar-refractivity contribution in [1.29, 1.82) is 0 Å². The number of hydrogen-bond acceptors (Lipinski definition) is 3. The Morgan fingerprint density at radius 1 is 0.921 bits per heavy atom. The zero-order chi connectivity index (χ0) is 26.5. The number of rotatable bonds is 5. The van der Waals surface area contributed by atoms with E-state index in [0.717, 1.165) is 43.8 Å². The average molecular weight is 513 g/mol. The van der Waals surface area contributed by atoms with Gasteiger partial charge in [-0.1, -0.05) is 63.2 Å². The van der Waals surface area contributed by atoms with Crippen LogP contribution in [0.25, 0.3) is 11.0 Å². The molecule has 0 radical (unpaired) electrons. The number of benzene rings is 2. The van der Waals surface area contributed by atoms with Crippen LogP contribution in [0.15, 0.2) is 54.6 Å². The van der Waals surface area contributed by atoms with Crippen molar-refractivity contribution in [2.24, 2.45) is 5.41 Å². The van der Waals surface area contributed by atoms with E-state index < -0.39 is 0 Å². The van der Waals surface area contributed by atoms with Crippen LogP contribution in [0.1, 0.15) is 83.1 Å². The number of nitrogens with zero attached hydrogens (tertiary/aromatic N) is 4. The van der Waals surface area contributed by atoms with Crippen LogP contribution >= 0.6 is 0 Å². The molecule has 1 amide bonds. The third kappa shape index (κ3) is 4.57. The van der Waals surface area contributed by atoms with Gasteiger partial charge in [0.1, 0.15) is 5.82 Å². The van der Waals surface area contributed by atoms with Gasteiger partial charge in [0.05, 0.1) is 11.0 Å². The minimum atomic E-state index is -0.310. The van der Waals surface area contributed by atoms with Crippen LogP contribution in [-0.2, 0) is 10.2 Å². The van der Waals surface area contributed by atoms with Gasteiger partial charge in [-0.2, -0.15) is 0 Å². The van der Waals surface area contributed by atoms with E-state index in [0.29, 0.717) is 24.0 Å². The number of carbonyl (C=O) groups is 1. The Labute approximate surface area is 228 Å². The highest BCUT2D eigenvalue weighted by Gasteiger charge is 2.44. The number of likely N-dealkylation sites (tertiary alicyclic amines) is 1. The molecule has 3 fully saturated rings. The normalized spacial score (nSPS) is 25.7. The van der Waals surface area contributed by atoms with Gasteiger partial charge in [0, 0.05) is 36.6 Å². The summed E-state index contributed by atoms with van der Waals surface area (Å²) in [6.45, 7) is 11.2. The number of hydrogen-bond donors (Lipinski definition) is 0. The highest BCUT2D eigenvalue weighted by atomic mass is 16.2. The highest BCUT2D eigenvalue weighted by Crippen LogP contribution is 2.45. The molecule has 1 aromatic heterocycles. The van der Waals surface area contributed by atoms with E-state index in [-0.39, 0.29) is 10.8 Å². The number of amides is 1. The average Bonchev–Trinajstić information content (AvgIpc) is 3.38. The first kappa shape index (κ1) is 25.6. The predicted molar refractivity (Wildman–Crippen MR) is 154 cm³/mol. The number of fused-ring (bicyclic) bond motifs is 3. The number of para-hydroxylation sites is 2. The van der Waals surface area contributed by atoms with E-state index in [1.54, 1.807) is 0 Å². The second-order valence-corrected chi connectivity index (χ2v) is 13.2. The van der Waals surface area contributed by atoms with Crippen molar-refractivity contribution in [2.45, 2.75) is 96.2 Å². The number of carbonyl (C=O) groups excluding carboxylic acids is 1. The zero-order valence-corrected chi connectivity index (χ0v) is 23.7. The summed E-state index contributed by atoms with van der Waals surface area (Å²) in [5.41, 5.74) is 3.73. The van der Waals surface area contributed by atoms with Crippen molar-refractivity contribution >= 4 is 16.9 Å². The second-order valence-electron chi connectivity index (χ2n) is 13.2. The van der Waals surface area contributed by atoms with Crippen LogP contribution in [0, 0.1) is 12.3 Å². The van der Waals surface area contributed by atoms with Gasteiger partial charge in [0.25, 0.3) is 0 Å². The first-order valence-corrected chi connectivity index (χ1v) is 14.8. The van der Waals surface area contributed by atoms with E-state index in [9.17, 15) is 4.79 Å². The van der Waals surface area contributed by atoms with Gasteiger partial charge in [0.2, 0.25) is 5.91 Å². The van der Waals surface area contributed by atoms with E-state index >= 15 is 0 Å². The van der Waals surface area contributed by atoms with E-state index in [1.807, 2.05) is 20.8 Å². The number of piperidine rings is 2. The van der Waals surface area contributed by atoms with Crippen molar-refractivity contribution < 1.29 is 4.79 Å². The summed E-state index contributed by atoms with van der Waals surface area (Å²) < 4.78 is 2.53. The fourth-order valence-corrected chi connectivity index (χ4v) is 7.88. The van der Waals surface area contributed by atoms with Crippen molar-refractivity contribution in [3.05, 3.63) is 66.0 Å². The largest absolute Gasteiger partial charge is 0.342 e. The van der Waals surface area contributed by atoms with Crippen LogP contribution < -0.4 is 0 Å². The molecule has 3 aliphatic heterocycles. The van der Waals surface area contributed by atoms with Crippen LogP contribution in [0.5, 0.6) is 0 Å². The Balaban J connectivity index is 1.17. The zero-order valence-electron chi connectivity index (χ0n) is 23.7. The monoisotopic (exact) mass is 512 g/mol. The van der Waals surface area contributed by atoms with Crippen molar-refractivity contribution in [2.75, 3.05) is 19.6 Å². The molecule has 5 nitrogen and oxygen atoms in total. The fraction of sp³-hybridized carbons (Fsp3) is 0.576. The summed E-state index contributed by atoms with van der Waals surface area (Å²) in [6.07, 6.45) is 8.39. The van der Waals surface area contributed by atoms with Crippen LogP contribution in [-0.4, -0.2) is 57.0 Å². The highest BCUT2D eigenvalue weighted by molar-refractivity contribution is 5.81. The van der Waals surface area contributed by atoms with Gasteiger partial charge in [0.15, 0.2) is 0 Å². The molecule has 3 aromatic rings. The third-order valence-electron chi connectivity index (χ3n) is 9.88. The standard InChI is InChI=1S/C33H44N4O/c1-24-34-29-12-8-9-13-30(29)37(24)28-22-26-14-15-27(23-28)36(26)21-18-33(25-10-6-5-7-11-25)16-19-35(20-17-33)31(38)32(2,3)4/h5-13,26-28H,14-23H2,1-4H3/t26-,27+,28?. The molecule has 0 spiro atoms. The fourth-order valence-electron chi connectivity index (χ4n) is 7.88. The Kier molecular flexibility index (Phi) is 6.62. The summed E-state index contributed by atoms with van der Waals surface area (Å²) in [7, 11) is 0. The topological polar surface area (TPSA) is 41.4 Å². The molecular weight excluding hydrogens is 468 g/mol. The maximum atomic E-state index is 13.0. The predicted octanol–water partition coefficient (Wildman–Crippen LogP) is 6.51. The van der Waals surface area contributed by atoms with Gasteiger partial charge < -0.3 is 9.47 Å². The molecule has 0 N–H and O–H groups in total. The summed E-state index contributed by atoms with van der Waals surface area (Å²) in [4.78, 5) is 22.9. The molecular formula is C33H44N4O. The van der Waals surface area contributed by atoms with Gasteiger partial charge in [-0.15, -0.1) is 0 Å². The smallest absolute Gasteiger partial charge is 0.227 e. The Hall–Kier alpha value is -2.66. The van der Waals surface area contributed by atoms with Crippen LogP contribution in [0.4, 0.5) is 0 Å². The number of aryl methyl sites for hydroxylation is 1. The molecule has 3 saturated heterocycles. The maximum Gasteiger partial charge on any atom is 0.227 e. The molecule has 5 heteroatoms. The lowest BCUT2D eigenvalue weighted by atomic mass is 9.70. The molecule has 202 valence electrons. The minimum absolute atomic E-state index is 0.156. The maximum absolute atomic E-state index is 13.0. The van der Waals surface area contributed by atoms with E-state index in [2.05, 4.69) is 75.9 Å². The van der Waals surface area contributed by atoms with E-state index in [4.69, 9.17) is 4.98 Å². The minimum Gasteiger partial charge on any atom is -0.342 e. The summed E-state index contributed by atoms with van der Waals surface area (Å²) >= 11 is 0. The molecule has 3 atom stereocenters. The van der Waals surface area contributed by atoms with Crippen LogP contribution in [0.2, 0.25) is 0 Å². The summed E-state index contributed by atoms with van der Waals surface area (Å²) in [6, 6.07) is 21.7. The van der Waals surface area contributed by atoms with Crippen molar-refractivity contribution in [1.82, 2.24) is 19.4 Å². The second kappa shape index (κ2) is 9.82. The lowest BCUT2D eigenvalue weighted by molar-refractivity contribution is -0.141. The first-order valence-electron chi connectivity index (χ1n) is 14.8. The lowest BCUT2D eigenvalue weighted by Gasteiger charge is -2.46. The molecule has 38 heavy (non-hydrogen) atoms. The van der Waals surface area contributed by atoms with Crippen LogP contribution in [0.3, 0.4) is 0 Å². The molecule has 2 aromatic carbocycles. The number of imidazole rings is 1. The van der Waals surface area contributed by atoms with Gasteiger partial charge in [-0.05, 0) is 81.5 Å². The Morgan fingerprint density at radius 2 is 1.55 bits per heavy atom. The molecule has 2 bridgehead atoms. The number of aromatic nitrogens is 2. The quantitative estimate of drug-likeness (QED) is 0.391. The third-order valence-corrected chi connectivity index (χ3v) is 9.88.